The second-order valence-electron chi connectivity index (χ2n) is 13.2. The number of rotatable bonds is 9. The number of nitrogens with one attached hydrogen (secondary N) is 2. The van der Waals surface area contributed by atoms with Crippen LogP contribution in [0.15, 0.2) is 6.07 Å². The summed E-state index contributed by atoms with van der Waals surface area (Å²) in [4.78, 5) is 42.7. The predicted molar refractivity (Wildman–Crippen MR) is 186 cm³/mol. The Labute approximate surface area is 299 Å². The van der Waals surface area contributed by atoms with Gasteiger partial charge in [-0.15, -0.1) is 0 Å². The maximum Gasteiger partial charge on any atom is 0.308 e. The number of carbonyl (C=O) groups is 3. The second-order valence-corrected chi connectivity index (χ2v) is 14.2. The zero-order valence-corrected chi connectivity index (χ0v) is 30.7. The van der Waals surface area contributed by atoms with Crippen molar-refractivity contribution in [2.24, 2.45) is 0 Å². The zero-order valence-electron chi connectivity index (χ0n) is 28.5. The second kappa shape index (κ2) is 13.8. The van der Waals surface area contributed by atoms with Gasteiger partial charge in [0.25, 0.3) is 0 Å². The molecule has 13 nitrogen and oxygen atoms in total. The van der Waals surface area contributed by atoms with Gasteiger partial charge in [0.15, 0.2) is 23.0 Å². The number of alkyl halides is 1. The largest absolute Gasteiger partial charge is 0.504 e. The molecule has 2 aromatic rings. The monoisotopic (exact) mass is 787 g/mol. The highest BCUT2D eigenvalue weighted by Crippen LogP contribution is 2.58. The van der Waals surface area contributed by atoms with Gasteiger partial charge in [-0.25, -0.2) is 0 Å². The van der Waals surface area contributed by atoms with Crippen molar-refractivity contribution in [2.45, 2.75) is 89.6 Å². The number of piperazine rings is 1. The Hall–Kier alpha value is -3.81. The number of esters is 1. The number of halogens is 1. The highest BCUT2D eigenvalue weighted by Gasteiger charge is 2.57. The van der Waals surface area contributed by atoms with Crippen LogP contribution in [0.3, 0.4) is 0 Å². The van der Waals surface area contributed by atoms with Gasteiger partial charge in [0.2, 0.25) is 18.6 Å². The molecule has 0 aromatic heterocycles. The van der Waals surface area contributed by atoms with Crippen LogP contribution in [-0.4, -0.2) is 88.8 Å². The third-order valence-electron chi connectivity index (χ3n) is 10.3. The summed E-state index contributed by atoms with van der Waals surface area (Å²) < 4.78 is 24.3. The molecular weight excluding hydrogens is 745 g/mol. The molecule has 0 radical (unpaired) electrons. The molecule has 6 atom stereocenters. The lowest BCUT2D eigenvalue weighted by molar-refractivity contribution is -0.132. The Morgan fingerprint density at radius 2 is 1.90 bits per heavy atom. The number of fused-ring (bicyclic) bond motifs is 9. The summed E-state index contributed by atoms with van der Waals surface area (Å²) in [6.45, 7) is 6.71. The number of hydrogen-bond donors (Lipinski definition) is 3. The van der Waals surface area contributed by atoms with E-state index >= 15 is 0 Å². The lowest BCUT2D eigenvalue weighted by Crippen LogP contribution is -2.69. The summed E-state index contributed by atoms with van der Waals surface area (Å²) in [6, 6.07) is 1.54. The van der Waals surface area contributed by atoms with Gasteiger partial charge in [-0.05, 0) is 58.2 Å². The Balaban J connectivity index is 1.50. The lowest BCUT2D eigenvalue weighted by atomic mass is 9.71. The van der Waals surface area contributed by atoms with E-state index in [2.05, 4.69) is 49.1 Å². The van der Waals surface area contributed by atoms with E-state index in [0.29, 0.717) is 65.4 Å². The van der Waals surface area contributed by atoms with Crippen molar-refractivity contribution in [3.63, 3.8) is 0 Å². The van der Waals surface area contributed by atoms with Gasteiger partial charge in [0.1, 0.15) is 17.8 Å². The zero-order chi connectivity index (χ0) is 35.3. The summed E-state index contributed by atoms with van der Waals surface area (Å²) in [5.41, 5.74) is 4.49. The molecule has 2 aromatic carbocycles. The fourth-order valence-electron chi connectivity index (χ4n) is 8.27. The number of benzene rings is 2. The van der Waals surface area contributed by atoms with Crippen LogP contribution >= 0.6 is 22.6 Å². The van der Waals surface area contributed by atoms with E-state index in [1.807, 2.05) is 27.0 Å². The first-order valence-electron chi connectivity index (χ1n) is 16.5. The van der Waals surface area contributed by atoms with Crippen LogP contribution in [0.5, 0.6) is 28.7 Å². The molecule has 6 rings (SSSR count). The number of aryl methyl sites for hydroxylation is 1. The maximum atomic E-state index is 13.5. The van der Waals surface area contributed by atoms with E-state index in [4.69, 9.17) is 18.9 Å². The first-order chi connectivity index (χ1) is 23.4. The molecule has 0 saturated carbocycles. The molecule has 4 aliphatic rings. The maximum absolute atomic E-state index is 13.5. The molecule has 0 spiro atoms. The van der Waals surface area contributed by atoms with Crippen molar-refractivity contribution in [1.82, 2.24) is 20.4 Å². The van der Waals surface area contributed by atoms with Crippen LogP contribution in [0.1, 0.15) is 72.2 Å². The summed E-state index contributed by atoms with van der Waals surface area (Å²) >= 11 is 2.21. The van der Waals surface area contributed by atoms with Crippen molar-refractivity contribution < 1.29 is 38.4 Å². The standard InChI is InChI=1S/C35H42IN5O8/c1-16-10-20-11-22-24(13-37)41-23(29(40(22)5)27(20)30(44)31(16)46-6)12-21-28(34-33(47-15-48-34)17(2)32(21)49-19(4)42)25(41)14-38-35(45)18(3)39-26(43)8-7-9-36/h10,18,22-25,29,44H,7-9,11-12,14-15H2,1-6H3,(H,38,45)(H,39,43)/t18-,22+,23?,24-,25-,29+/m0/s1. The smallest absolute Gasteiger partial charge is 0.308 e. The van der Waals surface area contributed by atoms with E-state index in [-0.39, 0.29) is 43.0 Å². The van der Waals surface area contributed by atoms with Gasteiger partial charge in [-0.1, -0.05) is 28.7 Å². The Morgan fingerprint density at radius 1 is 1.16 bits per heavy atom. The van der Waals surface area contributed by atoms with Gasteiger partial charge in [-0.2, -0.15) is 5.26 Å². The van der Waals surface area contributed by atoms with E-state index < -0.39 is 30.1 Å². The summed E-state index contributed by atoms with van der Waals surface area (Å²) in [5, 5.41) is 28.4. The molecular formula is C35H42IN5O8. The average Bonchev–Trinajstić information content (AvgIpc) is 3.55. The van der Waals surface area contributed by atoms with Crippen molar-refractivity contribution in [1.29, 1.82) is 5.26 Å². The number of amides is 2. The highest BCUT2D eigenvalue weighted by atomic mass is 127. The van der Waals surface area contributed by atoms with Crippen molar-refractivity contribution in [2.75, 3.05) is 31.9 Å². The van der Waals surface area contributed by atoms with Crippen LogP contribution in [0.2, 0.25) is 0 Å². The third kappa shape index (κ3) is 5.93. The van der Waals surface area contributed by atoms with Crippen molar-refractivity contribution in [3.8, 4) is 34.8 Å². The first-order valence-corrected chi connectivity index (χ1v) is 18.0. The number of nitrogens with zero attached hydrogens (tertiary/aromatic N) is 3. The number of nitriles is 1. The number of ether oxygens (including phenoxy) is 4. The van der Waals surface area contributed by atoms with Gasteiger partial charge in [0, 0.05) is 58.7 Å². The number of likely N-dealkylation sites (N-methyl/N-ethyl adjacent to an activating group) is 1. The molecule has 1 fully saturated rings. The average molecular weight is 788 g/mol. The molecule has 49 heavy (non-hydrogen) atoms. The van der Waals surface area contributed by atoms with Crippen LogP contribution in [0, 0.1) is 25.2 Å². The van der Waals surface area contributed by atoms with Crippen LogP contribution in [0.25, 0.3) is 0 Å². The minimum atomic E-state index is -0.793. The molecule has 1 unspecified atom stereocenters. The minimum Gasteiger partial charge on any atom is -0.504 e. The molecule has 262 valence electrons. The molecule has 1 saturated heterocycles. The van der Waals surface area contributed by atoms with Gasteiger partial charge < -0.3 is 34.7 Å². The molecule has 2 amide bonds. The number of phenolic OH excluding ortho intramolecular Hbond substituents is 1. The Kier molecular flexibility index (Phi) is 9.89. The number of aromatic hydroxyl groups is 1. The number of hydrogen-bond acceptors (Lipinski definition) is 11. The topological polar surface area (TPSA) is 163 Å². The van der Waals surface area contributed by atoms with E-state index in [1.165, 1.54) is 14.0 Å². The summed E-state index contributed by atoms with van der Waals surface area (Å²) in [5.74, 6) is 0.682. The SMILES string of the molecule is COc1c(C)cc2c(c1O)[C@H]1C3Cc4c(OC(C)=O)c(C)c5c(c4[C@H](CNC(=O)[C@H](C)NC(=O)CCCI)N3[C@@H](C#N)[C@@H](C2)N1C)OCO5. The Bertz CT molecular complexity index is 1740. The Morgan fingerprint density at radius 3 is 2.57 bits per heavy atom. The van der Waals surface area contributed by atoms with E-state index in [0.717, 1.165) is 21.1 Å². The van der Waals surface area contributed by atoms with Crippen molar-refractivity contribution >= 4 is 40.4 Å². The molecule has 4 heterocycles. The van der Waals surface area contributed by atoms with Gasteiger partial charge in [-0.3, -0.25) is 24.2 Å². The van der Waals surface area contributed by atoms with Gasteiger partial charge in [0.05, 0.1) is 25.3 Å². The number of phenols is 1. The van der Waals surface area contributed by atoms with E-state index in [1.54, 1.807) is 6.92 Å². The van der Waals surface area contributed by atoms with Crippen molar-refractivity contribution in [3.05, 3.63) is 39.4 Å². The number of methoxy groups -OCH3 is 1. The fraction of sp³-hybridized carbons (Fsp3) is 0.543. The molecule has 2 bridgehead atoms. The fourth-order valence-corrected chi connectivity index (χ4v) is 8.65. The normalized spacial score (nSPS) is 24.1. The van der Waals surface area contributed by atoms with Crippen LogP contribution in [-0.2, 0) is 27.2 Å². The summed E-state index contributed by atoms with van der Waals surface area (Å²) in [6.07, 6.45) is 1.90. The minimum absolute atomic E-state index is 0.0367. The first kappa shape index (κ1) is 35.0. The van der Waals surface area contributed by atoms with E-state index in [9.17, 15) is 24.8 Å². The quantitative estimate of drug-likeness (QED) is 0.148. The van der Waals surface area contributed by atoms with Gasteiger partial charge >= 0.3 is 5.97 Å². The highest BCUT2D eigenvalue weighted by molar-refractivity contribution is 14.1. The lowest BCUT2D eigenvalue weighted by Gasteiger charge is -2.60. The van der Waals surface area contributed by atoms with Crippen LogP contribution < -0.4 is 29.6 Å². The molecule has 0 aliphatic carbocycles. The number of carbonyl (C=O) groups excluding carboxylic acids is 3. The van der Waals surface area contributed by atoms with Crippen LogP contribution in [0.4, 0.5) is 0 Å². The predicted octanol–water partition coefficient (Wildman–Crippen LogP) is 3.28. The molecule has 14 heteroatoms. The third-order valence-corrected chi connectivity index (χ3v) is 11.1. The molecule has 3 N–H and O–H groups in total. The summed E-state index contributed by atoms with van der Waals surface area (Å²) in [7, 11) is 3.50. The molecule has 4 aliphatic heterocycles.